The number of alkyl halides is 1. The normalized spacial score (nSPS) is 18.9. The summed E-state index contributed by atoms with van der Waals surface area (Å²) in [4.78, 5) is 17.1. The third kappa shape index (κ3) is 3.91. The highest BCUT2D eigenvalue weighted by Crippen LogP contribution is 2.50. The van der Waals surface area contributed by atoms with Gasteiger partial charge in [-0.15, -0.1) is 0 Å². The number of benzene rings is 2. The standard InChI is InChI=1S/C24H17F4N3O4S/c1-33-16-8-6-12(25)18(20(16)27)22-19-14(7-5-11(23(29)32)21(19)34-10-35-22)31-15(9-36-24(31)28)13-3-2-4-17(26)30-13/h2-9,22,24H,10H2,1H3,(H2,29,32). The quantitative estimate of drug-likeness (QED) is 0.293. The number of primary amides is 1. The van der Waals surface area contributed by atoms with Crippen molar-refractivity contribution in [2.45, 2.75) is 11.7 Å². The van der Waals surface area contributed by atoms with E-state index in [1.54, 1.807) is 0 Å². The first-order chi connectivity index (χ1) is 17.3. The number of anilines is 1. The molecule has 0 saturated carbocycles. The number of ether oxygens (including phenoxy) is 3. The number of carbonyl (C=O) groups excluding carboxylic acids is 1. The number of thioether (sulfide) groups is 1. The van der Waals surface area contributed by atoms with Crippen molar-refractivity contribution in [3.8, 4) is 11.5 Å². The molecular weight excluding hydrogens is 502 g/mol. The zero-order valence-corrected chi connectivity index (χ0v) is 19.3. The number of hydrogen-bond acceptors (Lipinski definition) is 7. The highest BCUT2D eigenvalue weighted by atomic mass is 32.2. The van der Waals surface area contributed by atoms with Crippen molar-refractivity contribution in [1.82, 2.24) is 4.98 Å². The molecule has 7 nitrogen and oxygen atoms in total. The predicted octanol–water partition coefficient (Wildman–Crippen LogP) is 4.87. The van der Waals surface area contributed by atoms with E-state index in [1.807, 2.05) is 0 Å². The summed E-state index contributed by atoms with van der Waals surface area (Å²) < 4.78 is 75.7. The van der Waals surface area contributed by atoms with Crippen LogP contribution >= 0.6 is 11.8 Å². The van der Waals surface area contributed by atoms with Gasteiger partial charge in [-0.1, -0.05) is 17.8 Å². The van der Waals surface area contributed by atoms with Crippen LogP contribution in [0.3, 0.4) is 0 Å². The second-order valence-electron chi connectivity index (χ2n) is 7.67. The molecule has 1 aromatic heterocycles. The number of halogens is 4. The van der Waals surface area contributed by atoms with E-state index in [1.165, 1.54) is 36.8 Å². The van der Waals surface area contributed by atoms with Crippen molar-refractivity contribution in [2.75, 3.05) is 18.8 Å². The van der Waals surface area contributed by atoms with Crippen LogP contribution in [0.2, 0.25) is 0 Å². The van der Waals surface area contributed by atoms with Gasteiger partial charge in [0.15, 0.2) is 18.4 Å². The predicted molar refractivity (Wildman–Crippen MR) is 123 cm³/mol. The molecule has 2 aliphatic rings. The molecule has 0 radical (unpaired) electrons. The van der Waals surface area contributed by atoms with Crippen LogP contribution in [0.15, 0.2) is 47.9 Å². The molecule has 0 spiro atoms. The lowest BCUT2D eigenvalue weighted by Crippen LogP contribution is -2.30. The molecule has 5 rings (SSSR count). The maximum Gasteiger partial charge on any atom is 0.252 e. The largest absolute Gasteiger partial charge is 0.494 e. The summed E-state index contributed by atoms with van der Waals surface area (Å²) in [5.74, 6) is -4.02. The second-order valence-corrected chi connectivity index (χ2v) is 8.57. The van der Waals surface area contributed by atoms with E-state index in [2.05, 4.69) is 4.98 Å². The number of amides is 1. The number of hydrogen-bond donors (Lipinski definition) is 1. The summed E-state index contributed by atoms with van der Waals surface area (Å²) in [6.45, 7) is -0.473. The Labute approximate surface area is 206 Å². The van der Waals surface area contributed by atoms with Crippen LogP contribution in [-0.4, -0.2) is 30.4 Å². The first-order valence-corrected chi connectivity index (χ1v) is 11.4. The summed E-state index contributed by atoms with van der Waals surface area (Å²) in [7, 11) is 1.22. The van der Waals surface area contributed by atoms with Gasteiger partial charge in [-0.25, -0.2) is 18.2 Å². The van der Waals surface area contributed by atoms with Crippen molar-refractivity contribution in [3.63, 3.8) is 0 Å². The molecule has 186 valence electrons. The number of rotatable bonds is 5. The molecule has 3 heterocycles. The van der Waals surface area contributed by atoms with E-state index in [0.29, 0.717) is 0 Å². The van der Waals surface area contributed by atoms with Gasteiger partial charge in [-0.2, -0.15) is 4.39 Å². The van der Waals surface area contributed by atoms with Crippen LogP contribution in [0.25, 0.3) is 5.70 Å². The molecule has 1 amide bonds. The lowest BCUT2D eigenvalue weighted by atomic mass is 9.93. The number of nitrogens with zero attached hydrogens (tertiary/aromatic N) is 2. The number of fused-ring (bicyclic) bond motifs is 1. The molecule has 2 aromatic carbocycles. The van der Waals surface area contributed by atoms with Gasteiger partial charge in [0.1, 0.15) is 17.7 Å². The molecule has 0 saturated heterocycles. The number of pyridine rings is 1. The first kappa shape index (κ1) is 23.9. The fourth-order valence-corrected chi connectivity index (χ4v) is 4.97. The smallest absolute Gasteiger partial charge is 0.252 e. The highest BCUT2D eigenvalue weighted by molar-refractivity contribution is 8.03. The fraction of sp³-hybridized carbons (Fsp3) is 0.167. The zero-order chi connectivity index (χ0) is 25.6. The van der Waals surface area contributed by atoms with Gasteiger partial charge in [-0.3, -0.25) is 9.69 Å². The minimum absolute atomic E-state index is 0.0453. The molecule has 36 heavy (non-hydrogen) atoms. The Morgan fingerprint density at radius 2 is 1.97 bits per heavy atom. The van der Waals surface area contributed by atoms with Crippen LogP contribution in [0.1, 0.15) is 33.3 Å². The Balaban J connectivity index is 1.75. The van der Waals surface area contributed by atoms with Crippen molar-refractivity contribution < 1.29 is 36.6 Å². The van der Waals surface area contributed by atoms with Crippen LogP contribution in [0.5, 0.6) is 11.5 Å². The third-order valence-corrected chi connectivity index (χ3v) is 6.50. The number of carbonyl (C=O) groups is 1. The summed E-state index contributed by atoms with van der Waals surface area (Å²) in [5.41, 5.74) is 3.46. The van der Waals surface area contributed by atoms with Gasteiger partial charge in [0, 0.05) is 5.41 Å². The van der Waals surface area contributed by atoms with E-state index in [-0.39, 0.29) is 39.7 Å². The maximum atomic E-state index is 15.3. The Kier molecular flexibility index (Phi) is 6.22. The van der Waals surface area contributed by atoms with Gasteiger partial charge in [0.2, 0.25) is 11.6 Å². The van der Waals surface area contributed by atoms with Crippen LogP contribution in [0, 0.1) is 17.6 Å². The van der Waals surface area contributed by atoms with Gasteiger partial charge < -0.3 is 19.9 Å². The second kappa shape index (κ2) is 9.36. The molecule has 2 atom stereocenters. The van der Waals surface area contributed by atoms with Gasteiger partial charge in [-0.05, 0) is 36.4 Å². The van der Waals surface area contributed by atoms with E-state index in [9.17, 15) is 9.18 Å². The molecule has 0 bridgehead atoms. The molecule has 3 aromatic rings. The highest BCUT2D eigenvalue weighted by Gasteiger charge is 2.40. The Hall–Kier alpha value is -3.77. The van der Waals surface area contributed by atoms with E-state index < -0.39 is 47.6 Å². The number of aromatic nitrogens is 1. The Morgan fingerprint density at radius 3 is 2.69 bits per heavy atom. The molecular formula is C24H17F4N3O4S. The Bertz CT molecular complexity index is 1400. The van der Waals surface area contributed by atoms with Crippen molar-refractivity contribution in [1.29, 1.82) is 0 Å². The monoisotopic (exact) mass is 519 g/mol. The average Bonchev–Trinajstić information content (AvgIpc) is 3.24. The SMILES string of the molecule is COc1ccc(F)c(C2OCOc3c(C(N)=O)ccc(N4C(c5cccc(F)n5)=CSC4F)c32)c1F. The molecule has 2 aliphatic heterocycles. The van der Waals surface area contributed by atoms with Gasteiger partial charge >= 0.3 is 0 Å². The van der Waals surface area contributed by atoms with Gasteiger partial charge in [0.05, 0.1) is 40.9 Å². The number of methoxy groups -OCH3 is 1. The minimum atomic E-state index is -1.73. The molecule has 2 N–H and O–H groups in total. The van der Waals surface area contributed by atoms with E-state index in [0.717, 1.165) is 34.9 Å². The summed E-state index contributed by atoms with van der Waals surface area (Å²) in [6, 6.07) is 8.80. The van der Waals surface area contributed by atoms with Crippen LogP contribution < -0.4 is 20.1 Å². The van der Waals surface area contributed by atoms with E-state index >= 15 is 13.2 Å². The third-order valence-electron chi connectivity index (χ3n) is 5.70. The van der Waals surface area contributed by atoms with Gasteiger partial charge in [0.25, 0.3) is 5.91 Å². The number of nitrogens with two attached hydrogens (primary N) is 1. The lowest BCUT2D eigenvalue weighted by Gasteiger charge is -2.34. The van der Waals surface area contributed by atoms with Crippen molar-refractivity contribution in [3.05, 3.63) is 87.8 Å². The fourth-order valence-electron chi connectivity index (χ4n) is 4.14. The Morgan fingerprint density at radius 1 is 1.17 bits per heavy atom. The topological polar surface area (TPSA) is 86.9 Å². The average molecular weight is 519 g/mol. The molecule has 0 aliphatic carbocycles. The zero-order valence-electron chi connectivity index (χ0n) is 18.5. The maximum absolute atomic E-state index is 15.3. The molecule has 12 heteroatoms. The molecule has 2 unspecified atom stereocenters. The van der Waals surface area contributed by atoms with Crippen LogP contribution in [-0.2, 0) is 4.74 Å². The lowest BCUT2D eigenvalue weighted by molar-refractivity contribution is -0.0444. The van der Waals surface area contributed by atoms with Crippen molar-refractivity contribution in [2.24, 2.45) is 5.73 Å². The summed E-state index contributed by atoms with van der Waals surface area (Å²) >= 11 is 0.773. The molecule has 0 fully saturated rings. The van der Waals surface area contributed by atoms with E-state index in [4.69, 9.17) is 19.9 Å². The summed E-state index contributed by atoms with van der Waals surface area (Å²) in [6.07, 6.45) is -1.47. The van der Waals surface area contributed by atoms with Crippen molar-refractivity contribution >= 4 is 29.1 Å². The van der Waals surface area contributed by atoms with Crippen LogP contribution in [0.4, 0.5) is 23.2 Å². The first-order valence-electron chi connectivity index (χ1n) is 10.5. The summed E-state index contributed by atoms with van der Waals surface area (Å²) in [5, 5.41) is 1.44. The minimum Gasteiger partial charge on any atom is -0.494 e.